The van der Waals surface area contributed by atoms with Crippen LogP contribution < -0.4 is 15.6 Å². The van der Waals surface area contributed by atoms with Crippen molar-refractivity contribution in [2.24, 2.45) is 5.10 Å². The molecule has 1 saturated heterocycles. The fourth-order valence-electron chi connectivity index (χ4n) is 3.52. The normalized spacial score (nSPS) is 14.9. The molecule has 2 aromatic carbocycles. The lowest BCUT2D eigenvalue weighted by Crippen LogP contribution is -3.11. The van der Waals surface area contributed by atoms with Gasteiger partial charge in [0, 0.05) is 11.3 Å². The molecule has 7 nitrogen and oxygen atoms in total. The molecule has 4 N–H and O–H groups in total. The van der Waals surface area contributed by atoms with E-state index in [4.69, 9.17) is 0 Å². The SMILES string of the molecule is C/C(=N\NC(=O)C(=O)Nc1ccc(C)cc1)c1ccc(O)c(C[NH+]2CCCCC2)c1. The number of benzene rings is 2. The number of carbonyl (C=O) groups excluding carboxylic acids is 2. The van der Waals surface area contributed by atoms with Gasteiger partial charge in [0.25, 0.3) is 0 Å². The highest BCUT2D eigenvalue weighted by Crippen LogP contribution is 2.18. The summed E-state index contributed by atoms with van der Waals surface area (Å²) in [4.78, 5) is 25.6. The number of hydrogen-bond acceptors (Lipinski definition) is 4. The first kappa shape index (κ1) is 21.5. The minimum Gasteiger partial charge on any atom is -0.507 e. The molecule has 158 valence electrons. The summed E-state index contributed by atoms with van der Waals surface area (Å²) in [5.74, 6) is -1.35. The van der Waals surface area contributed by atoms with Crippen LogP contribution in [0.3, 0.4) is 0 Å². The van der Waals surface area contributed by atoms with Gasteiger partial charge in [-0.2, -0.15) is 5.10 Å². The van der Waals surface area contributed by atoms with Gasteiger partial charge in [-0.1, -0.05) is 17.7 Å². The van der Waals surface area contributed by atoms with Crippen molar-refractivity contribution in [3.05, 3.63) is 59.2 Å². The molecule has 0 spiro atoms. The van der Waals surface area contributed by atoms with Crippen LogP contribution in [0, 0.1) is 6.92 Å². The first-order chi connectivity index (χ1) is 14.4. The topological polar surface area (TPSA) is 95.2 Å². The first-order valence-electron chi connectivity index (χ1n) is 10.3. The monoisotopic (exact) mass is 409 g/mol. The van der Waals surface area contributed by atoms with E-state index >= 15 is 0 Å². The molecule has 0 radical (unpaired) electrons. The summed E-state index contributed by atoms with van der Waals surface area (Å²) in [6.07, 6.45) is 3.71. The molecule has 2 aromatic rings. The second-order valence-corrected chi connectivity index (χ2v) is 7.79. The van der Waals surface area contributed by atoms with E-state index in [0.717, 1.165) is 36.3 Å². The summed E-state index contributed by atoms with van der Waals surface area (Å²) in [6.45, 7) is 6.69. The van der Waals surface area contributed by atoms with Gasteiger partial charge in [0.1, 0.15) is 12.3 Å². The molecule has 0 atom stereocenters. The second kappa shape index (κ2) is 10.0. The van der Waals surface area contributed by atoms with Crippen molar-refractivity contribution in [3.63, 3.8) is 0 Å². The first-order valence-corrected chi connectivity index (χ1v) is 10.3. The Bertz CT molecular complexity index is 932. The summed E-state index contributed by atoms with van der Waals surface area (Å²) in [5.41, 5.74) is 6.12. The molecule has 30 heavy (non-hydrogen) atoms. The number of amides is 2. The molecule has 1 heterocycles. The van der Waals surface area contributed by atoms with E-state index in [-0.39, 0.29) is 5.75 Å². The summed E-state index contributed by atoms with van der Waals surface area (Å²) < 4.78 is 0. The molecule has 3 rings (SSSR count). The number of likely N-dealkylation sites (tertiary alicyclic amines) is 1. The number of nitrogens with one attached hydrogen (secondary N) is 3. The number of phenolic OH excluding ortho intramolecular Hbond substituents is 1. The fourth-order valence-corrected chi connectivity index (χ4v) is 3.52. The van der Waals surface area contributed by atoms with Crippen molar-refractivity contribution in [2.75, 3.05) is 18.4 Å². The van der Waals surface area contributed by atoms with Crippen LogP contribution in [-0.2, 0) is 16.1 Å². The second-order valence-electron chi connectivity index (χ2n) is 7.79. The predicted octanol–water partition coefficient (Wildman–Crippen LogP) is 1.75. The van der Waals surface area contributed by atoms with E-state index in [1.165, 1.54) is 24.2 Å². The molecule has 7 heteroatoms. The van der Waals surface area contributed by atoms with E-state index in [0.29, 0.717) is 11.4 Å². The molecule has 1 aliphatic heterocycles. The molecule has 0 aromatic heterocycles. The van der Waals surface area contributed by atoms with E-state index < -0.39 is 11.8 Å². The summed E-state index contributed by atoms with van der Waals surface area (Å²) in [6, 6.07) is 12.5. The highest BCUT2D eigenvalue weighted by molar-refractivity contribution is 6.39. The van der Waals surface area contributed by atoms with Crippen LogP contribution in [-0.4, -0.2) is 35.7 Å². The minimum absolute atomic E-state index is 0.270. The van der Waals surface area contributed by atoms with Gasteiger partial charge in [0.15, 0.2) is 0 Å². The number of piperidine rings is 1. The zero-order valence-corrected chi connectivity index (χ0v) is 17.5. The average molecular weight is 410 g/mol. The van der Waals surface area contributed by atoms with Gasteiger partial charge in [-0.05, 0) is 69.0 Å². The number of anilines is 1. The maximum Gasteiger partial charge on any atom is 0.329 e. The quantitative estimate of drug-likeness (QED) is 0.344. The number of rotatable bonds is 5. The van der Waals surface area contributed by atoms with Crippen LogP contribution in [0.4, 0.5) is 5.69 Å². The van der Waals surface area contributed by atoms with Crippen molar-refractivity contribution < 1.29 is 19.6 Å². The van der Waals surface area contributed by atoms with Gasteiger partial charge < -0.3 is 15.3 Å². The summed E-state index contributed by atoms with van der Waals surface area (Å²) in [7, 11) is 0. The average Bonchev–Trinajstić information content (AvgIpc) is 2.75. The van der Waals surface area contributed by atoms with Crippen LogP contribution >= 0.6 is 0 Å². The van der Waals surface area contributed by atoms with E-state index in [9.17, 15) is 14.7 Å². The standard InChI is InChI=1S/C23H28N4O3/c1-16-6-9-20(10-7-16)24-22(29)23(30)26-25-17(2)18-8-11-21(28)19(14-18)15-27-12-4-3-5-13-27/h6-11,14,28H,3-5,12-13,15H2,1-2H3,(H,24,29)(H,26,30)/p+1/b25-17+. The number of quaternary nitrogens is 1. The van der Waals surface area contributed by atoms with E-state index in [1.807, 2.05) is 25.1 Å². The van der Waals surface area contributed by atoms with Gasteiger partial charge in [0.2, 0.25) is 0 Å². The molecular formula is C23H29N4O3+. The Morgan fingerprint density at radius 1 is 1.03 bits per heavy atom. The largest absolute Gasteiger partial charge is 0.507 e. The summed E-state index contributed by atoms with van der Waals surface area (Å²) in [5, 5.41) is 16.8. The van der Waals surface area contributed by atoms with Gasteiger partial charge in [0.05, 0.1) is 18.8 Å². The van der Waals surface area contributed by atoms with Gasteiger partial charge >= 0.3 is 11.8 Å². The van der Waals surface area contributed by atoms with Gasteiger partial charge in [-0.25, -0.2) is 5.43 Å². The molecule has 0 aliphatic carbocycles. The van der Waals surface area contributed by atoms with E-state index in [1.54, 1.807) is 31.2 Å². The molecule has 0 bridgehead atoms. The lowest BCUT2D eigenvalue weighted by atomic mass is 10.0. The molecule has 0 unspecified atom stereocenters. The highest BCUT2D eigenvalue weighted by Gasteiger charge is 2.17. The molecular weight excluding hydrogens is 380 g/mol. The number of nitrogens with zero attached hydrogens (tertiary/aromatic N) is 1. The van der Waals surface area contributed by atoms with Crippen molar-refractivity contribution >= 4 is 23.2 Å². The third-order valence-electron chi connectivity index (χ3n) is 5.34. The number of carbonyl (C=O) groups is 2. The number of aryl methyl sites for hydroxylation is 1. The third-order valence-corrected chi connectivity index (χ3v) is 5.34. The van der Waals surface area contributed by atoms with Crippen LogP contribution in [0.1, 0.15) is 42.9 Å². The van der Waals surface area contributed by atoms with Crippen molar-refractivity contribution in [2.45, 2.75) is 39.7 Å². The lowest BCUT2D eigenvalue weighted by Gasteiger charge is -2.24. The Morgan fingerprint density at radius 2 is 1.73 bits per heavy atom. The van der Waals surface area contributed by atoms with E-state index in [2.05, 4.69) is 15.8 Å². The van der Waals surface area contributed by atoms with Gasteiger partial charge in [-0.3, -0.25) is 9.59 Å². The smallest absolute Gasteiger partial charge is 0.329 e. The zero-order valence-electron chi connectivity index (χ0n) is 17.5. The van der Waals surface area contributed by atoms with Gasteiger partial charge in [-0.15, -0.1) is 0 Å². The maximum absolute atomic E-state index is 12.1. The van der Waals surface area contributed by atoms with Crippen LogP contribution in [0.2, 0.25) is 0 Å². The van der Waals surface area contributed by atoms with Crippen molar-refractivity contribution in [3.8, 4) is 5.75 Å². The lowest BCUT2D eigenvalue weighted by molar-refractivity contribution is -0.918. The Balaban J connectivity index is 1.61. The van der Waals surface area contributed by atoms with Crippen LogP contribution in [0.5, 0.6) is 5.75 Å². The molecule has 1 aliphatic rings. The fraction of sp³-hybridized carbons (Fsp3) is 0.348. The predicted molar refractivity (Wildman–Crippen MR) is 117 cm³/mol. The molecule has 2 amide bonds. The Morgan fingerprint density at radius 3 is 2.43 bits per heavy atom. The number of phenols is 1. The number of hydrogen-bond donors (Lipinski definition) is 4. The molecule has 0 saturated carbocycles. The molecule has 1 fully saturated rings. The maximum atomic E-state index is 12.1. The Hall–Kier alpha value is -3.19. The zero-order chi connectivity index (χ0) is 21.5. The number of aromatic hydroxyl groups is 1. The van der Waals surface area contributed by atoms with Crippen molar-refractivity contribution in [1.82, 2.24) is 5.43 Å². The summed E-state index contributed by atoms with van der Waals surface area (Å²) >= 11 is 0. The van der Waals surface area contributed by atoms with Crippen LogP contribution in [0.25, 0.3) is 0 Å². The van der Waals surface area contributed by atoms with Crippen molar-refractivity contribution in [1.29, 1.82) is 0 Å². The minimum atomic E-state index is -0.841. The Labute approximate surface area is 176 Å². The third kappa shape index (κ3) is 5.90. The highest BCUT2D eigenvalue weighted by atomic mass is 16.3. The number of hydrazone groups is 1. The van der Waals surface area contributed by atoms with Crippen LogP contribution in [0.15, 0.2) is 47.6 Å². The Kier molecular flexibility index (Phi) is 7.19.